The van der Waals surface area contributed by atoms with Crippen molar-refractivity contribution in [3.8, 4) is 0 Å². The second-order valence-corrected chi connectivity index (χ2v) is 4.55. The summed E-state index contributed by atoms with van der Waals surface area (Å²) in [4.78, 5) is 4.34. The van der Waals surface area contributed by atoms with E-state index in [9.17, 15) is 0 Å². The molecule has 2 heteroatoms. The fourth-order valence-corrected chi connectivity index (χ4v) is 1.99. The van der Waals surface area contributed by atoms with Crippen molar-refractivity contribution in [1.29, 1.82) is 0 Å². The first-order valence-electron chi connectivity index (χ1n) is 6.83. The van der Waals surface area contributed by atoms with Gasteiger partial charge in [0.1, 0.15) is 0 Å². The molecule has 0 spiro atoms. The second-order valence-electron chi connectivity index (χ2n) is 4.55. The first kappa shape index (κ1) is 16.4. The highest BCUT2D eigenvalue weighted by Crippen LogP contribution is 2.10. The maximum atomic E-state index is 4.34. The molecule has 0 aromatic carbocycles. The number of rotatable bonds is 9. The van der Waals surface area contributed by atoms with Crippen molar-refractivity contribution in [2.75, 3.05) is 0 Å². The zero-order chi connectivity index (χ0) is 11.5. The zero-order valence-corrected chi connectivity index (χ0v) is 11.8. The lowest BCUT2D eigenvalue weighted by atomic mass is 10.1. The molecule has 0 fully saturated rings. The highest BCUT2D eigenvalue weighted by Gasteiger charge is 1.94. The predicted molar refractivity (Wildman–Crippen MR) is 77.8 cm³/mol. The standard InChI is InChI=1S/C15H25N.ClH/c1-2-3-4-5-6-7-8-9-12-15-13-10-11-14-16-15;/h10-11,13-14H,2-9,12H2,1H3;1H. The van der Waals surface area contributed by atoms with Gasteiger partial charge in [0.25, 0.3) is 0 Å². The summed E-state index contributed by atoms with van der Waals surface area (Å²) < 4.78 is 0. The van der Waals surface area contributed by atoms with Crippen LogP contribution in [0.1, 0.15) is 64.0 Å². The normalized spacial score (nSPS) is 9.94. The molecule has 0 saturated carbocycles. The molecule has 1 aromatic rings. The molecule has 17 heavy (non-hydrogen) atoms. The van der Waals surface area contributed by atoms with Crippen molar-refractivity contribution >= 4 is 12.4 Å². The summed E-state index contributed by atoms with van der Waals surface area (Å²) >= 11 is 0. The Morgan fingerprint density at radius 1 is 0.882 bits per heavy atom. The van der Waals surface area contributed by atoms with Crippen LogP contribution < -0.4 is 0 Å². The van der Waals surface area contributed by atoms with Gasteiger partial charge in [-0.2, -0.15) is 0 Å². The molecule has 0 N–H and O–H groups in total. The number of hydrogen-bond donors (Lipinski definition) is 0. The van der Waals surface area contributed by atoms with Crippen molar-refractivity contribution < 1.29 is 0 Å². The van der Waals surface area contributed by atoms with Crippen molar-refractivity contribution in [3.63, 3.8) is 0 Å². The van der Waals surface area contributed by atoms with Gasteiger partial charge in [0.2, 0.25) is 0 Å². The number of halogens is 1. The van der Waals surface area contributed by atoms with E-state index in [0.717, 1.165) is 6.42 Å². The van der Waals surface area contributed by atoms with Gasteiger partial charge in [0.05, 0.1) is 0 Å². The third-order valence-corrected chi connectivity index (χ3v) is 3.01. The minimum absolute atomic E-state index is 0. The van der Waals surface area contributed by atoms with Crippen LogP contribution in [-0.4, -0.2) is 4.98 Å². The van der Waals surface area contributed by atoms with Crippen molar-refractivity contribution in [1.82, 2.24) is 4.98 Å². The van der Waals surface area contributed by atoms with E-state index in [1.165, 1.54) is 57.1 Å². The molecule has 98 valence electrons. The Kier molecular flexibility index (Phi) is 11.5. The molecule has 1 aromatic heterocycles. The van der Waals surface area contributed by atoms with Gasteiger partial charge in [-0.05, 0) is 25.0 Å². The molecule has 0 radical (unpaired) electrons. The molecule has 0 atom stereocenters. The van der Waals surface area contributed by atoms with Crippen molar-refractivity contribution in [3.05, 3.63) is 30.1 Å². The van der Waals surface area contributed by atoms with Crippen LogP contribution in [-0.2, 0) is 6.42 Å². The number of aromatic nitrogens is 1. The van der Waals surface area contributed by atoms with E-state index < -0.39 is 0 Å². The van der Waals surface area contributed by atoms with Gasteiger partial charge >= 0.3 is 0 Å². The Labute approximate surface area is 112 Å². The molecule has 1 nitrogen and oxygen atoms in total. The Morgan fingerprint density at radius 2 is 1.53 bits per heavy atom. The van der Waals surface area contributed by atoms with Crippen molar-refractivity contribution in [2.45, 2.75) is 64.7 Å². The van der Waals surface area contributed by atoms with E-state index in [1.54, 1.807) is 0 Å². The molecule has 0 bridgehead atoms. The van der Waals surface area contributed by atoms with E-state index >= 15 is 0 Å². The largest absolute Gasteiger partial charge is 0.261 e. The summed E-state index contributed by atoms with van der Waals surface area (Å²) in [6, 6.07) is 6.19. The molecule has 1 rings (SSSR count). The summed E-state index contributed by atoms with van der Waals surface area (Å²) in [5.74, 6) is 0. The molecule has 0 aliphatic carbocycles. The fourth-order valence-electron chi connectivity index (χ4n) is 1.99. The van der Waals surface area contributed by atoms with Crippen LogP contribution in [0.5, 0.6) is 0 Å². The average Bonchev–Trinajstić information content (AvgIpc) is 2.34. The number of hydrogen-bond acceptors (Lipinski definition) is 1. The molecule has 0 saturated heterocycles. The van der Waals surface area contributed by atoms with Crippen LogP contribution in [0.25, 0.3) is 0 Å². The third-order valence-electron chi connectivity index (χ3n) is 3.01. The summed E-state index contributed by atoms with van der Waals surface area (Å²) in [5, 5.41) is 0. The van der Waals surface area contributed by atoms with Gasteiger partial charge in [0, 0.05) is 11.9 Å². The number of aryl methyl sites for hydroxylation is 1. The monoisotopic (exact) mass is 255 g/mol. The number of nitrogens with zero attached hydrogens (tertiary/aromatic N) is 1. The van der Waals surface area contributed by atoms with E-state index in [4.69, 9.17) is 0 Å². The first-order valence-corrected chi connectivity index (χ1v) is 6.83. The molecule has 0 unspecified atom stereocenters. The SMILES string of the molecule is CCCCCCCCCCc1ccccn1.Cl. The Balaban J connectivity index is 0.00000256. The third kappa shape index (κ3) is 9.17. The molecule has 0 aliphatic heterocycles. The van der Waals surface area contributed by atoms with Gasteiger partial charge in [-0.15, -0.1) is 12.4 Å². The minimum atomic E-state index is 0. The molecule has 1 heterocycles. The van der Waals surface area contributed by atoms with Crippen LogP contribution in [0, 0.1) is 0 Å². The summed E-state index contributed by atoms with van der Waals surface area (Å²) in [6.07, 6.45) is 14.1. The average molecular weight is 256 g/mol. The number of unbranched alkanes of at least 4 members (excludes halogenated alkanes) is 7. The molecule has 0 aliphatic rings. The number of pyridine rings is 1. The van der Waals surface area contributed by atoms with Crippen LogP contribution in [0.2, 0.25) is 0 Å². The minimum Gasteiger partial charge on any atom is -0.261 e. The molecule has 0 amide bonds. The molecular formula is C15H26ClN. The van der Waals surface area contributed by atoms with Crippen molar-refractivity contribution in [2.24, 2.45) is 0 Å². The van der Waals surface area contributed by atoms with Gasteiger partial charge in [-0.3, -0.25) is 4.98 Å². The Bertz CT molecular complexity index is 248. The van der Waals surface area contributed by atoms with E-state index in [1.807, 2.05) is 12.3 Å². The van der Waals surface area contributed by atoms with Crippen LogP contribution >= 0.6 is 12.4 Å². The van der Waals surface area contributed by atoms with E-state index in [2.05, 4.69) is 24.0 Å². The van der Waals surface area contributed by atoms with Crippen LogP contribution in [0.3, 0.4) is 0 Å². The predicted octanol–water partition coefficient (Wildman–Crippen LogP) is 5.19. The maximum absolute atomic E-state index is 4.34. The van der Waals surface area contributed by atoms with Gasteiger partial charge in [-0.25, -0.2) is 0 Å². The van der Waals surface area contributed by atoms with Crippen LogP contribution in [0.15, 0.2) is 24.4 Å². The second kappa shape index (κ2) is 11.9. The van der Waals surface area contributed by atoms with E-state index in [-0.39, 0.29) is 12.4 Å². The van der Waals surface area contributed by atoms with Crippen LogP contribution in [0.4, 0.5) is 0 Å². The molecular weight excluding hydrogens is 230 g/mol. The Morgan fingerprint density at radius 3 is 2.12 bits per heavy atom. The first-order chi connectivity index (χ1) is 7.93. The zero-order valence-electron chi connectivity index (χ0n) is 11.0. The Hall–Kier alpha value is -0.560. The topological polar surface area (TPSA) is 12.9 Å². The quantitative estimate of drug-likeness (QED) is 0.554. The van der Waals surface area contributed by atoms with Gasteiger partial charge in [0.15, 0.2) is 0 Å². The summed E-state index contributed by atoms with van der Waals surface area (Å²) in [7, 11) is 0. The smallest absolute Gasteiger partial charge is 0.0403 e. The fraction of sp³-hybridized carbons (Fsp3) is 0.667. The maximum Gasteiger partial charge on any atom is 0.0403 e. The van der Waals surface area contributed by atoms with Gasteiger partial charge < -0.3 is 0 Å². The van der Waals surface area contributed by atoms with Gasteiger partial charge in [-0.1, -0.05) is 57.9 Å². The summed E-state index contributed by atoms with van der Waals surface area (Å²) in [6.45, 7) is 2.27. The highest BCUT2D eigenvalue weighted by atomic mass is 35.5. The summed E-state index contributed by atoms with van der Waals surface area (Å²) in [5.41, 5.74) is 1.24. The van der Waals surface area contributed by atoms with E-state index in [0.29, 0.717) is 0 Å². The lowest BCUT2D eigenvalue weighted by Gasteiger charge is -2.01. The lowest BCUT2D eigenvalue weighted by Crippen LogP contribution is -1.89. The highest BCUT2D eigenvalue weighted by molar-refractivity contribution is 5.85. The lowest BCUT2D eigenvalue weighted by molar-refractivity contribution is 0.574.